The number of halogens is 2. The zero-order chi connectivity index (χ0) is 8.10. The van der Waals surface area contributed by atoms with Crippen LogP contribution in [0.5, 0.6) is 0 Å². The van der Waals surface area contributed by atoms with Gasteiger partial charge in [-0.1, -0.05) is 31.8 Å². The molecule has 0 aromatic carbocycles. The molecule has 0 spiro atoms. The second-order valence-electron chi connectivity index (χ2n) is 3.21. The molecule has 0 amide bonds. The Morgan fingerprint density at radius 1 is 1.00 bits per heavy atom. The van der Waals surface area contributed by atoms with E-state index in [1.54, 1.807) is 0 Å². The number of allylic oxidation sites excluding steroid dienone is 1. The van der Waals surface area contributed by atoms with Crippen LogP contribution in [0, 0.1) is 5.92 Å². The van der Waals surface area contributed by atoms with Crippen LogP contribution in [0.4, 0.5) is 0 Å². The molecule has 0 radical (unpaired) electrons. The Kier molecular flexibility index (Phi) is 4.77. The molecule has 0 aliphatic heterocycles. The van der Waals surface area contributed by atoms with Crippen molar-refractivity contribution in [2.75, 3.05) is 0 Å². The summed E-state index contributed by atoms with van der Waals surface area (Å²) in [5.41, 5.74) is 0. The van der Waals surface area contributed by atoms with E-state index in [4.69, 9.17) is 0 Å². The molecule has 0 N–H and O–H groups in total. The maximum absolute atomic E-state index is 3.41. The van der Waals surface area contributed by atoms with Crippen LogP contribution in [0.25, 0.3) is 0 Å². The van der Waals surface area contributed by atoms with Gasteiger partial charge in [-0.05, 0) is 50.6 Å². The van der Waals surface area contributed by atoms with Gasteiger partial charge in [-0.25, -0.2) is 0 Å². The van der Waals surface area contributed by atoms with Crippen LogP contribution < -0.4 is 0 Å². The van der Waals surface area contributed by atoms with E-state index in [0.29, 0.717) is 0 Å². The second kappa shape index (κ2) is 5.36. The molecule has 11 heavy (non-hydrogen) atoms. The Bertz CT molecular complexity index is 128. The largest absolute Gasteiger partial charge is 0.0601 e. The van der Waals surface area contributed by atoms with Crippen molar-refractivity contribution < 1.29 is 0 Å². The molecule has 0 aromatic heterocycles. The molecule has 0 heterocycles. The van der Waals surface area contributed by atoms with E-state index in [1.807, 2.05) is 0 Å². The Morgan fingerprint density at radius 2 is 1.55 bits per heavy atom. The molecule has 0 bridgehead atoms. The number of rotatable bonds is 1. The van der Waals surface area contributed by atoms with Crippen LogP contribution in [0.15, 0.2) is 9.47 Å². The first-order valence-corrected chi connectivity index (χ1v) is 5.90. The van der Waals surface area contributed by atoms with Crippen molar-refractivity contribution in [2.24, 2.45) is 5.92 Å². The van der Waals surface area contributed by atoms with E-state index < -0.39 is 0 Å². The van der Waals surface area contributed by atoms with E-state index in [0.717, 1.165) is 9.31 Å². The summed E-state index contributed by atoms with van der Waals surface area (Å²) < 4.78 is 1.12. The minimum absolute atomic E-state index is 0.811. The molecule has 1 aliphatic rings. The second-order valence-corrected chi connectivity index (χ2v) is 5.98. The van der Waals surface area contributed by atoms with Gasteiger partial charge in [0.05, 0.1) is 3.39 Å². The Balaban J connectivity index is 2.37. The van der Waals surface area contributed by atoms with Gasteiger partial charge in [0, 0.05) is 0 Å². The van der Waals surface area contributed by atoms with Crippen molar-refractivity contribution in [1.82, 2.24) is 0 Å². The normalized spacial score (nSPS) is 20.9. The van der Waals surface area contributed by atoms with Crippen LogP contribution in [0.1, 0.15) is 38.5 Å². The van der Waals surface area contributed by atoms with Gasteiger partial charge >= 0.3 is 0 Å². The summed E-state index contributed by atoms with van der Waals surface area (Å²) in [5.74, 6) is 0.811. The Labute approximate surface area is 85.7 Å². The molecule has 1 fully saturated rings. The molecule has 0 atom stereocenters. The third kappa shape index (κ3) is 4.32. The van der Waals surface area contributed by atoms with E-state index in [2.05, 4.69) is 37.9 Å². The van der Waals surface area contributed by atoms with Gasteiger partial charge in [-0.3, -0.25) is 0 Å². The molecular formula is C9H14Br2. The maximum atomic E-state index is 3.41. The van der Waals surface area contributed by atoms with Crippen molar-refractivity contribution in [2.45, 2.75) is 38.5 Å². The van der Waals surface area contributed by atoms with Crippen molar-refractivity contribution >= 4 is 31.9 Å². The van der Waals surface area contributed by atoms with Gasteiger partial charge in [0.2, 0.25) is 0 Å². The third-order valence-electron chi connectivity index (χ3n) is 2.26. The van der Waals surface area contributed by atoms with Crippen LogP contribution in [-0.4, -0.2) is 0 Å². The topological polar surface area (TPSA) is 0 Å². The lowest BCUT2D eigenvalue weighted by Crippen LogP contribution is -1.92. The molecule has 2 heteroatoms. The Morgan fingerprint density at radius 3 is 2.00 bits per heavy atom. The molecule has 64 valence electrons. The minimum Gasteiger partial charge on any atom is -0.0601 e. The summed E-state index contributed by atoms with van der Waals surface area (Å²) in [4.78, 5) is 0. The van der Waals surface area contributed by atoms with Crippen LogP contribution >= 0.6 is 31.9 Å². The van der Waals surface area contributed by atoms with Crippen molar-refractivity contribution in [3.63, 3.8) is 0 Å². The molecular weight excluding hydrogens is 268 g/mol. The Hall–Kier alpha value is 0.700. The maximum Gasteiger partial charge on any atom is 0.0567 e. The third-order valence-corrected chi connectivity index (χ3v) is 2.79. The molecule has 0 nitrogen and oxygen atoms in total. The predicted octanol–water partition coefficient (Wildman–Crippen LogP) is 4.59. The smallest absolute Gasteiger partial charge is 0.0567 e. The first kappa shape index (κ1) is 9.79. The molecule has 0 saturated heterocycles. The van der Waals surface area contributed by atoms with Gasteiger partial charge in [0.1, 0.15) is 0 Å². The zero-order valence-corrected chi connectivity index (χ0v) is 9.83. The summed E-state index contributed by atoms with van der Waals surface area (Å²) in [6.45, 7) is 0. The lowest BCUT2D eigenvalue weighted by molar-refractivity contribution is 0.559. The van der Waals surface area contributed by atoms with Crippen molar-refractivity contribution in [3.8, 4) is 0 Å². The standard InChI is InChI=1S/C9H14Br2/c10-9(11)7-8-5-3-1-2-4-6-8/h7-8H,1-6H2. The lowest BCUT2D eigenvalue weighted by Gasteiger charge is -2.06. The average Bonchev–Trinajstić information content (AvgIpc) is 2.14. The van der Waals surface area contributed by atoms with E-state index in [-0.39, 0.29) is 0 Å². The van der Waals surface area contributed by atoms with E-state index in [9.17, 15) is 0 Å². The molecule has 0 aromatic rings. The van der Waals surface area contributed by atoms with Crippen LogP contribution in [0.3, 0.4) is 0 Å². The highest BCUT2D eigenvalue weighted by atomic mass is 79.9. The highest BCUT2D eigenvalue weighted by Gasteiger charge is 2.09. The van der Waals surface area contributed by atoms with Crippen LogP contribution in [-0.2, 0) is 0 Å². The predicted molar refractivity (Wildman–Crippen MR) is 57.1 cm³/mol. The summed E-state index contributed by atoms with van der Waals surface area (Å²) in [7, 11) is 0. The fourth-order valence-electron chi connectivity index (χ4n) is 1.66. The van der Waals surface area contributed by atoms with E-state index in [1.165, 1.54) is 38.5 Å². The monoisotopic (exact) mass is 280 g/mol. The summed E-state index contributed by atoms with van der Waals surface area (Å²) >= 11 is 6.83. The minimum atomic E-state index is 0.811. The molecule has 1 rings (SSSR count). The molecule has 1 aliphatic carbocycles. The van der Waals surface area contributed by atoms with Gasteiger partial charge in [-0.2, -0.15) is 0 Å². The summed E-state index contributed by atoms with van der Waals surface area (Å²) in [5, 5.41) is 0. The molecule has 0 unspecified atom stereocenters. The highest BCUT2D eigenvalue weighted by Crippen LogP contribution is 2.27. The van der Waals surface area contributed by atoms with Gasteiger partial charge < -0.3 is 0 Å². The van der Waals surface area contributed by atoms with E-state index >= 15 is 0 Å². The van der Waals surface area contributed by atoms with Gasteiger partial charge in [0.25, 0.3) is 0 Å². The number of hydrogen-bond acceptors (Lipinski definition) is 0. The SMILES string of the molecule is BrC(Br)=CC1CCCCCC1. The zero-order valence-electron chi connectivity index (χ0n) is 6.65. The fraction of sp³-hybridized carbons (Fsp3) is 0.778. The van der Waals surface area contributed by atoms with Crippen molar-refractivity contribution in [3.05, 3.63) is 9.47 Å². The lowest BCUT2D eigenvalue weighted by atomic mass is 10.0. The summed E-state index contributed by atoms with van der Waals surface area (Å²) in [6, 6.07) is 0. The van der Waals surface area contributed by atoms with Gasteiger partial charge in [0.15, 0.2) is 0 Å². The van der Waals surface area contributed by atoms with Gasteiger partial charge in [-0.15, -0.1) is 0 Å². The quantitative estimate of drug-likeness (QED) is 0.617. The van der Waals surface area contributed by atoms with Crippen molar-refractivity contribution in [1.29, 1.82) is 0 Å². The van der Waals surface area contributed by atoms with Crippen LogP contribution in [0.2, 0.25) is 0 Å². The highest BCUT2D eigenvalue weighted by molar-refractivity contribution is 9.28. The average molecular weight is 282 g/mol. The first-order chi connectivity index (χ1) is 5.29. The summed E-state index contributed by atoms with van der Waals surface area (Å²) in [6.07, 6.45) is 10.7. The molecule has 1 saturated carbocycles. The fourth-order valence-corrected chi connectivity index (χ4v) is 2.40. The first-order valence-electron chi connectivity index (χ1n) is 4.32. The number of hydrogen-bond donors (Lipinski definition) is 0.